The second kappa shape index (κ2) is 7.97. The Hall–Kier alpha value is -1.62. The number of aromatic nitrogens is 1. The molecule has 1 atom stereocenters. The molecule has 2 aliphatic rings. The third-order valence-electron chi connectivity index (χ3n) is 4.92. The first-order valence-corrected chi connectivity index (χ1v) is 9.18. The standard InChI is InChI=1S/C19H28N2O3/c1-14(2)21(16-6-4-3-5-7-16)19(22)15-8-10-20-18(12-15)24-17-9-11-23-13-17/h8,10,12,14,16-17H,3-7,9,11,13H2,1-2H3/t17-/m0/s1. The third kappa shape index (κ3) is 4.07. The molecule has 5 heteroatoms. The van der Waals surface area contributed by atoms with Crippen LogP contribution in [0.2, 0.25) is 0 Å². The van der Waals surface area contributed by atoms with Crippen LogP contribution in [0.3, 0.4) is 0 Å². The first kappa shape index (κ1) is 17.2. The molecule has 2 heterocycles. The minimum atomic E-state index is 0.0439. The molecule has 0 bridgehead atoms. The molecule has 0 spiro atoms. The van der Waals surface area contributed by atoms with Crippen molar-refractivity contribution in [2.45, 2.75) is 70.6 Å². The smallest absolute Gasteiger partial charge is 0.254 e. The summed E-state index contributed by atoms with van der Waals surface area (Å²) in [6.45, 7) is 5.52. The van der Waals surface area contributed by atoms with Crippen LogP contribution in [0.4, 0.5) is 0 Å². The monoisotopic (exact) mass is 332 g/mol. The van der Waals surface area contributed by atoms with Crippen LogP contribution in [0, 0.1) is 0 Å². The molecular weight excluding hydrogens is 304 g/mol. The molecule has 1 saturated heterocycles. The van der Waals surface area contributed by atoms with Crippen molar-refractivity contribution >= 4 is 5.91 Å². The van der Waals surface area contributed by atoms with Crippen molar-refractivity contribution in [2.24, 2.45) is 0 Å². The Bertz CT molecular complexity index is 549. The predicted molar refractivity (Wildman–Crippen MR) is 92.3 cm³/mol. The van der Waals surface area contributed by atoms with Crippen molar-refractivity contribution in [3.8, 4) is 5.88 Å². The second-order valence-corrected chi connectivity index (χ2v) is 7.08. The van der Waals surface area contributed by atoms with Gasteiger partial charge in [0.1, 0.15) is 6.10 Å². The highest BCUT2D eigenvalue weighted by molar-refractivity contribution is 5.94. The molecule has 0 aromatic carbocycles. The highest BCUT2D eigenvalue weighted by Gasteiger charge is 2.28. The first-order valence-electron chi connectivity index (χ1n) is 9.18. The summed E-state index contributed by atoms with van der Waals surface area (Å²) in [5.74, 6) is 0.607. The van der Waals surface area contributed by atoms with E-state index in [2.05, 4.69) is 23.7 Å². The molecular formula is C19H28N2O3. The van der Waals surface area contributed by atoms with Gasteiger partial charge in [-0.1, -0.05) is 19.3 Å². The number of amides is 1. The molecule has 0 radical (unpaired) electrons. The molecule has 1 aliphatic carbocycles. The van der Waals surface area contributed by atoms with Gasteiger partial charge in [0, 0.05) is 36.3 Å². The summed E-state index contributed by atoms with van der Waals surface area (Å²) in [5.41, 5.74) is 0.665. The maximum absolute atomic E-state index is 13.1. The molecule has 5 nitrogen and oxygen atoms in total. The van der Waals surface area contributed by atoms with Crippen LogP contribution >= 0.6 is 0 Å². The third-order valence-corrected chi connectivity index (χ3v) is 4.92. The molecule has 132 valence electrons. The Morgan fingerprint density at radius 3 is 2.75 bits per heavy atom. The van der Waals surface area contributed by atoms with Gasteiger partial charge in [-0.25, -0.2) is 4.98 Å². The summed E-state index contributed by atoms with van der Waals surface area (Å²) in [5, 5.41) is 0. The van der Waals surface area contributed by atoms with Crippen molar-refractivity contribution in [1.82, 2.24) is 9.88 Å². The van der Waals surface area contributed by atoms with E-state index in [-0.39, 0.29) is 18.1 Å². The van der Waals surface area contributed by atoms with Gasteiger partial charge >= 0.3 is 0 Å². The zero-order valence-corrected chi connectivity index (χ0v) is 14.7. The number of hydrogen-bond acceptors (Lipinski definition) is 4. The molecule has 3 rings (SSSR count). The summed E-state index contributed by atoms with van der Waals surface area (Å²) in [6.07, 6.45) is 8.52. The largest absolute Gasteiger partial charge is 0.472 e. The fraction of sp³-hybridized carbons (Fsp3) is 0.684. The number of rotatable bonds is 5. The van der Waals surface area contributed by atoms with E-state index >= 15 is 0 Å². The first-order chi connectivity index (χ1) is 11.6. The van der Waals surface area contributed by atoms with Gasteiger partial charge in [-0.15, -0.1) is 0 Å². The van der Waals surface area contributed by atoms with Crippen LogP contribution in [0.25, 0.3) is 0 Å². The maximum Gasteiger partial charge on any atom is 0.254 e. The van der Waals surface area contributed by atoms with E-state index in [9.17, 15) is 4.79 Å². The number of hydrogen-bond donors (Lipinski definition) is 0. The van der Waals surface area contributed by atoms with Gasteiger partial charge in [-0.2, -0.15) is 0 Å². The Morgan fingerprint density at radius 1 is 1.29 bits per heavy atom. The van der Waals surface area contributed by atoms with Crippen molar-refractivity contribution in [3.05, 3.63) is 23.9 Å². The predicted octanol–water partition coefficient (Wildman–Crippen LogP) is 3.43. The van der Waals surface area contributed by atoms with Crippen molar-refractivity contribution in [2.75, 3.05) is 13.2 Å². The lowest BCUT2D eigenvalue weighted by Crippen LogP contribution is -2.45. The van der Waals surface area contributed by atoms with E-state index in [0.29, 0.717) is 24.1 Å². The molecule has 1 aliphatic heterocycles. The number of nitrogens with zero attached hydrogens (tertiary/aromatic N) is 2. The lowest BCUT2D eigenvalue weighted by molar-refractivity contribution is 0.0554. The van der Waals surface area contributed by atoms with E-state index in [0.717, 1.165) is 25.9 Å². The van der Waals surface area contributed by atoms with Gasteiger partial charge in [0.2, 0.25) is 5.88 Å². The summed E-state index contributed by atoms with van der Waals surface area (Å²) < 4.78 is 11.2. The summed E-state index contributed by atoms with van der Waals surface area (Å²) in [7, 11) is 0. The number of carbonyl (C=O) groups is 1. The normalized spacial score (nSPS) is 21.9. The fourth-order valence-corrected chi connectivity index (χ4v) is 3.71. The molecule has 1 aromatic rings. The minimum absolute atomic E-state index is 0.0439. The van der Waals surface area contributed by atoms with Crippen LogP contribution in [0.5, 0.6) is 5.88 Å². The van der Waals surface area contributed by atoms with Crippen LogP contribution in [0.1, 0.15) is 62.7 Å². The number of ether oxygens (including phenoxy) is 2. The molecule has 1 amide bonds. The molecule has 1 saturated carbocycles. The van der Waals surface area contributed by atoms with Crippen molar-refractivity contribution in [1.29, 1.82) is 0 Å². The number of pyridine rings is 1. The van der Waals surface area contributed by atoms with Crippen molar-refractivity contribution < 1.29 is 14.3 Å². The Morgan fingerprint density at radius 2 is 2.08 bits per heavy atom. The summed E-state index contributed by atoms with van der Waals surface area (Å²) >= 11 is 0. The maximum atomic E-state index is 13.1. The van der Waals surface area contributed by atoms with Crippen LogP contribution in [-0.2, 0) is 4.74 Å². The Labute approximate surface area is 144 Å². The van der Waals surface area contributed by atoms with Crippen LogP contribution < -0.4 is 4.74 Å². The van der Waals surface area contributed by atoms with Gasteiger partial charge in [-0.05, 0) is 32.8 Å². The SMILES string of the molecule is CC(C)N(C(=O)c1ccnc(O[C@H]2CCOC2)c1)C1CCCCC1. The van der Waals surface area contributed by atoms with E-state index in [1.54, 1.807) is 18.3 Å². The highest BCUT2D eigenvalue weighted by atomic mass is 16.5. The van der Waals surface area contributed by atoms with Gasteiger partial charge in [0.25, 0.3) is 5.91 Å². The quantitative estimate of drug-likeness (QED) is 0.829. The van der Waals surface area contributed by atoms with Crippen LogP contribution in [-0.4, -0.2) is 47.2 Å². The average molecular weight is 332 g/mol. The van der Waals surface area contributed by atoms with E-state index in [1.807, 2.05) is 0 Å². The van der Waals surface area contributed by atoms with Gasteiger partial charge < -0.3 is 14.4 Å². The zero-order valence-electron chi connectivity index (χ0n) is 14.7. The van der Waals surface area contributed by atoms with Gasteiger partial charge in [-0.3, -0.25) is 4.79 Å². The highest BCUT2D eigenvalue weighted by Crippen LogP contribution is 2.26. The summed E-state index contributed by atoms with van der Waals surface area (Å²) in [6, 6.07) is 4.12. The minimum Gasteiger partial charge on any atom is -0.472 e. The lowest BCUT2D eigenvalue weighted by atomic mass is 9.93. The van der Waals surface area contributed by atoms with Gasteiger partial charge in [0.05, 0.1) is 13.2 Å². The van der Waals surface area contributed by atoms with Crippen molar-refractivity contribution in [3.63, 3.8) is 0 Å². The molecule has 0 unspecified atom stereocenters. The van der Waals surface area contributed by atoms with E-state index < -0.39 is 0 Å². The zero-order chi connectivity index (χ0) is 16.9. The lowest BCUT2D eigenvalue weighted by Gasteiger charge is -2.37. The molecule has 2 fully saturated rings. The van der Waals surface area contributed by atoms with Crippen LogP contribution in [0.15, 0.2) is 18.3 Å². The van der Waals surface area contributed by atoms with E-state index in [4.69, 9.17) is 9.47 Å². The Kier molecular flexibility index (Phi) is 5.72. The molecule has 0 N–H and O–H groups in total. The fourth-order valence-electron chi connectivity index (χ4n) is 3.71. The number of carbonyl (C=O) groups excluding carboxylic acids is 1. The average Bonchev–Trinajstić information content (AvgIpc) is 3.09. The molecule has 24 heavy (non-hydrogen) atoms. The Balaban J connectivity index is 1.74. The van der Waals surface area contributed by atoms with E-state index in [1.165, 1.54) is 19.3 Å². The van der Waals surface area contributed by atoms with Gasteiger partial charge in [0.15, 0.2) is 0 Å². The molecule has 1 aromatic heterocycles. The second-order valence-electron chi connectivity index (χ2n) is 7.08. The topological polar surface area (TPSA) is 51.7 Å². The summed E-state index contributed by atoms with van der Waals surface area (Å²) in [4.78, 5) is 19.4.